The molecule has 1 aromatic heterocycles. The van der Waals surface area contributed by atoms with Crippen LogP contribution in [0.3, 0.4) is 0 Å². The summed E-state index contributed by atoms with van der Waals surface area (Å²) in [4.78, 5) is 25.8. The van der Waals surface area contributed by atoms with E-state index in [9.17, 15) is 19.1 Å². The van der Waals surface area contributed by atoms with E-state index < -0.39 is 23.3 Å². The minimum atomic E-state index is -1.02. The van der Waals surface area contributed by atoms with Gasteiger partial charge in [-0.25, -0.2) is 9.18 Å². The van der Waals surface area contributed by atoms with Crippen LogP contribution in [-0.4, -0.2) is 32.0 Å². The first kappa shape index (κ1) is 23.0. The van der Waals surface area contributed by atoms with Crippen LogP contribution in [-0.2, 0) is 4.79 Å². The van der Waals surface area contributed by atoms with Gasteiger partial charge in [0, 0.05) is 29.7 Å². The number of halogens is 1. The smallest absolute Gasteiger partial charge is 0.343 e. The molecule has 4 rings (SSSR count). The third-order valence-corrected chi connectivity index (χ3v) is 5.35. The minimum Gasteiger partial charge on any atom is -0.507 e. The van der Waals surface area contributed by atoms with Crippen molar-refractivity contribution < 1.29 is 37.7 Å². The molecule has 0 aliphatic carbocycles. The SMILES string of the molecule is COc1cc([C@H](CC(=O)Nc2ccc(F)cc2)c2c(O)cc(C)oc2=O)c(OC)c2c1OCO2. The zero-order valence-corrected chi connectivity index (χ0v) is 18.6. The van der Waals surface area contributed by atoms with Crippen molar-refractivity contribution in [3.8, 4) is 28.7 Å². The van der Waals surface area contributed by atoms with Crippen molar-refractivity contribution in [1.82, 2.24) is 0 Å². The lowest BCUT2D eigenvalue weighted by Gasteiger charge is -2.22. The minimum absolute atomic E-state index is 0.0703. The van der Waals surface area contributed by atoms with Gasteiger partial charge in [0.25, 0.3) is 0 Å². The standard InChI is InChI=1S/C24H22FNO8/c1-12-8-17(27)20(24(29)34-12)15(10-19(28)26-14-6-4-13(25)5-7-14)16-9-18(30-2)22-23(21(16)31-3)33-11-32-22/h4-9,15,27H,10-11H2,1-3H3,(H,26,28)/t15-/m0/s1. The number of fused-ring (bicyclic) bond motifs is 1. The molecule has 1 aliphatic heterocycles. The molecule has 0 fully saturated rings. The Morgan fingerprint density at radius 1 is 1.15 bits per heavy atom. The van der Waals surface area contributed by atoms with E-state index in [1.54, 1.807) is 6.07 Å². The number of nitrogens with one attached hydrogen (secondary N) is 1. The Hall–Kier alpha value is -4.21. The second-order valence-corrected chi connectivity index (χ2v) is 7.52. The fraction of sp³-hybridized carbons (Fsp3) is 0.250. The van der Waals surface area contributed by atoms with Crippen molar-refractivity contribution in [1.29, 1.82) is 0 Å². The summed E-state index contributed by atoms with van der Waals surface area (Å²) in [5, 5.41) is 13.3. The van der Waals surface area contributed by atoms with Crippen LogP contribution in [0.2, 0.25) is 0 Å². The lowest BCUT2D eigenvalue weighted by Crippen LogP contribution is -2.21. The van der Waals surface area contributed by atoms with Crippen LogP contribution in [0, 0.1) is 12.7 Å². The average molecular weight is 471 g/mol. The van der Waals surface area contributed by atoms with Gasteiger partial charge in [0.1, 0.15) is 17.3 Å². The first-order chi connectivity index (χ1) is 16.3. The highest BCUT2D eigenvalue weighted by Gasteiger charge is 2.34. The highest BCUT2D eigenvalue weighted by Crippen LogP contribution is 2.52. The predicted octanol–water partition coefficient (Wildman–Crippen LogP) is 3.70. The summed E-state index contributed by atoms with van der Waals surface area (Å²) < 4.78 is 40.4. The van der Waals surface area contributed by atoms with Crippen LogP contribution in [0.1, 0.15) is 29.2 Å². The number of rotatable bonds is 7. The Morgan fingerprint density at radius 3 is 2.50 bits per heavy atom. The van der Waals surface area contributed by atoms with Crippen LogP contribution in [0.4, 0.5) is 10.1 Å². The number of anilines is 1. The zero-order valence-electron chi connectivity index (χ0n) is 18.6. The predicted molar refractivity (Wildman–Crippen MR) is 119 cm³/mol. The molecule has 3 aromatic rings. The van der Waals surface area contributed by atoms with Crippen molar-refractivity contribution in [2.24, 2.45) is 0 Å². The highest BCUT2D eigenvalue weighted by atomic mass is 19.1. The third kappa shape index (κ3) is 4.34. The molecule has 2 N–H and O–H groups in total. The van der Waals surface area contributed by atoms with E-state index in [-0.39, 0.29) is 41.8 Å². The van der Waals surface area contributed by atoms with Gasteiger partial charge in [-0.15, -0.1) is 0 Å². The van der Waals surface area contributed by atoms with Crippen LogP contribution in [0.25, 0.3) is 0 Å². The molecule has 0 saturated carbocycles. The number of amides is 1. The van der Waals surface area contributed by atoms with Crippen LogP contribution in [0.15, 0.2) is 45.6 Å². The first-order valence-corrected chi connectivity index (χ1v) is 10.3. The molecule has 2 aromatic carbocycles. The number of carbonyl (C=O) groups is 1. The number of ether oxygens (including phenoxy) is 4. The Balaban J connectivity index is 1.83. The molecule has 9 nitrogen and oxygen atoms in total. The lowest BCUT2D eigenvalue weighted by molar-refractivity contribution is -0.116. The molecule has 1 aliphatic rings. The van der Waals surface area contributed by atoms with Gasteiger partial charge in [0.2, 0.25) is 24.2 Å². The Kier molecular flexibility index (Phi) is 6.31. The monoisotopic (exact) mass is 471 g/mol. The van der Waals surface area contributed by atoms with E-state index in [0.29, 0.717) is 22.7 Å². The second-order valence-electron chi connectivity index (χ2n) is 7.52. The number of carbonyl (C=O) groups excluding carboxylic acids is 1. The average Bonchev–Trinajstić information content (AvgIpc) is 3.28. The molecule has 0 bridgehead atoms. The van der Waals surface area contributed by atoms with E-state index in [1.807, 2.05) is 0 Å². The van der Waals surface area contributed by atoms with Crippen LogP contribution in [0.5, 0.6) is 28.7 Å². The lowest BCUT2D eigenvalue weighted by atomic mass is 9.87. The van der Waals surface area contributed by atoms with Gasteiger partial charge >= 0.3 is 5.63 Å². The number of aryl methyl sites for hydroxylation is 1. The summed E-state index contributed by atoms with van der Waals surface area (Å²) in [5.74, 6) is -1.03. The molecule has 2 heterocycles. The topological polar surface area (TPSA) is 116 Å². The van der Waals surface area contributed by atoms with Crippen molar-refractivity contribution in [3.05, 3.63) is 69.5 Å². The van der Waals surface area contributed by atoms with Gasteiger partial charge in [0.05, 0.1) is 19.8 Å². The zero-order chi connectivity index (χ0) is 24.4. The molecule has 10 heteroatoms. The molecule has 0 unspecified atom stereocenters. The molecule has 34 heavy (non-hydrogen) atoms. The molecular weight excluding hydrogens is 449 g/mol. The van der Waals surface area contributed by atoms with Crippen molar-refractivity contribution in [2.45, 2.75) is 19.3 Å². The largest absolute Gasteiger partial charge is 0.507 e. The van der Waals surface area contributed by atoms with Crippen LogP contribution < -0.4 is 29.9 Å². The van der Waals surface area contributed by atoms with Gasteiger partial charge in [-0.05, 0) is 37.3 Å². The van der Waals surface area contributed by atoms with E-state index in [2.05, 4.69) is 5.32 Å². The van der Waals surface area contributed by atoms with Crippen LogP contribution >= 0.6 is 0 Å². The van der Waals surface area contributed by atoms with Gasteiger partial charge in [-0.2, -0.15) is 0 Å². The number of methoxy groups -OCH3 is 2. The summed E-state index contributed by atoms with van der Waals surface area (Å²) in [5.41, 5.74) is -0.250. The van der Waals surface area contributed by atoms with Crippen molar-refractivity contribution in [2.75, 3.05) is 26.3 Å². The van der Waals surface area contributed by atoms with Gasteiger partial charge < -0.3 is 33.8 Å². The first-order valence-electron chi connectivity index (χ1n) is 10.3. The Bertz CT molecular complexity index is 1290. The quantitative estimate of drug-likeness (QED) is 0.536. The number of aromatic hydroxyl groups is 1. The van der Waals surface area contributed by atoms with Gasteiger partial charge in [0.15, 0.2) is 11.5 Å². The summed E-state index contributed by atoms with van der Waals surface area (Å²) in [6, 6.07) is 8.08. The molecule has 0 radical (unpaired) electrons. The molecule has 1 amide bonds. The number of hydrogen-bond acceptors (Lipinski definition) is 8. The summed E-state index contributed by atoms with van der Waals surface area (Å²) >= 11 is 0. The fourth-order valence-corrected chi connectivity index (χ4v) is 3.88. The summed E-state index contributed by atoms with van der Waals surface area (Å²) in [7, 11) is 2.84. The number of benzene rings is 2. The van der Waals surface area contributed by atoms with Gasteiger partial charge in [-0.1, -0.05) is 0 Å². The maximum Gasteiger partial charge on any atom is 0.343 e. The summed E-state index contributed by atoms with van der Waals surface area (Å²) in [6.45, 7) is 1.45. The summed E-state index contributed by atoms with van der Waals surface area (Å²) in [6.07, 6.45) is -0.294. The third-order valence-electron chi connectivity index (χ3n) is 5.35. The molecule has 178 valence electrons. The van der Waals surface area contributed by atoms with E-state index in [0.717, 1.165) is 0 Å². The Labute approximate surface area is 193 Å². The van der Waals surface area contributed by atoms with Gasteiger partial charge in [-0.3, -0.25) is 4.79 Å². The normalized spacial score (nSPS) is 12.8. The van der Waals surface area contributed by atoms with E-state index in [1.165, 1.54) is 51.5 Å². The van der Waals surface area contributed by atoms with Crippen molar-refractivity contribution >= 4 is 11.6 Å². The van der Waals surface area contributed by atoms with Crippen molar-refractivity contribution in [3.63, 3.8) is 0 Å². The molecule has 0 spiro atoms. The van der Waals surface area contributed by atoms with E-state index in [4.69, 9.17) is 23.4 Å². The maximum atomic E-state index is 13.2. The molecular formula is C24H22FNO8. The second kappa shape index (κ2) is 9.34. The highest BCUT2D eigenvalue weighted by molar-refractivity contribution is 5.91. The maximum absolute atomic E-state index is 13.2. The van der Waals surface area contributed by atoms with E-state index >= 15 is 0 Å². The molecule has 1 atom stereocenters. The molecule has 0 saturated heterocycles. The fourth-order valence-electron chi connectivity index (χ4n) is 3.88. The number of hydrogen-bond donors (Lipinski definition) is 2. The Morgan fingerprint density at radius 2 is 1.85 bits per heavy atom.